The fourth-order valence-corrected chi connectivity index (χ4v) is 3.34. The van der Waals surface area contributed by atoms with Crippen LogP contribution in [-0.2, 0) is 13.0 Å². The fourth-order valence-electron chi connectivity index (χ4n) is 2.45. The van der Waals surface area contributed by atoms with E-state index in [0.717, 1.165) is 30.1 Å². The average Bonchev–Trinajstić information content (AvgIpc) is 2.76. The molecule has 0 saturated carbocycles. The number of hydrogen-bond donors (Lipinski definition) is 0. The largest absolute Gasteiger partial charge is 0.393 e. The van der Waals surface area contributed by atoms with Crippen molar-refractivity contribution in [1.82, 2.24) is 9.88 Å². The molecule has 1 saturated heterocycles. The Morgan fingerprint density at radius 3 is 2.95 bits per heavy atom. The van der Waals surface area contributed by atoms with Crippen LogP contribution in [0.15, 0.2) is 5.38 Å². The van der Waals surface area contributed by atoms with Gasteiger partial charge in [-0.25, -0.2) is 4.98 Å². The molecule has 1 unspecified atom stereocenters. The molecule has 2 rings (SSSR count). The number of alkyl halides is 3. The van der Waals surface area contributed by atoms with E-state index in [0.29, 0.717) is 13.0 Å². The van der Waals surface area contributed by atoms with Gasteiger partial charge >= 0.3 is 6.18 Å². The number of halogens is 3. The Morgan fingerprint density at radius 1 is 1.47 bits per heavy atom. The molecule has 1 aromatic heterocycles. The van der Waals surface area contributed by atoms with Crippen molar-refractivity contribution in [2.45, 2.75) is 45.3 Å². The van der Waals surface area contributed by atoms with Gasteiger partial charge in [-0.2, -0.15) is 13.2 Å². The molecule has 0 N–H and O–H groups in total. The maximum Gasteiger partial charge on any atom is 0.393 e. The molecule has 19 heavy (non-hydrogen) atoms. The predicted octanol–water partition coefficient (Wildman–Crippen LogP) is 3.87. The van der Waals surface area contributed by atoms with Gasteiger partial charge in [0.25, 0.3) is 0 Å². The second-order valence-electron chi connectivity index (χ2n) is 5.10. The van der Waals surface area contributed by atoms with E-state index in [1.54, 1.807) is 11.3 Å². The summed E-state index contributed by atoms with van der Waals surface area (Å²) in [6.45, 7) is 3.50. The van der Waals surface area contributed by atoms with E-state index in [1.807, 2.05) is 10.3 Å². The highest BCUT2D eigenvalue weighted by atomic mass is 32.1. The molecule has 2 heterocycles. The molecule has 2 nitrogen and oxygen atoms in total. The van der Waals surface area contributed by atoms with Gasteiger partial charge in [0.15, 0.2) is 0 Å². The highest BCUT2D eigenvalue weighted by molar-refractivity contribution is 7.09. The van der Waals surface area contributed by atoms with Gasteiger partial charge in [-0.05, 0) is 32.2 Å². The molecule has 1 atom stereocenters. The highest BCUT2D eigenvalue weighted by Gasteiger charge is 2.41. The van der Waals surface area contributed by atoms with Crippen LogP contribution in [0.1, 0.15) is 36.9 Å². The molecular formula is C13H19F3N2S. The minimum Gasteiger partial charge on any atom is -0.297 e. The van der Waals surface area contributed by atoms with Gasteiger partial charge in [0, 0.05) is 18.5 Å². The first kappa shape index (κ1) is 14.8. The third-order valence-electron chi connectivity index (χ3n) is 3.42. The minimum atomic E-state index is -4.06. The lowest BCUT2D eigenvalue weighted by molar-refractivity contribution is -0.187. The van der Waals surface area contributed by atoms with E-state index >= 15 is 0 Å². The Balaban J connectivity index is 1.91. The smallest absolute Gasteiger partial charge is 0.297 e. The normalized spacial score (nSPS) is 21.8. The summed E-state index contributed by atoms with van der Waals surface area (Å²) in [5, 5.41) is 3.06. The lowest BCUT2D eigenvalue weighted by atomic mass is 9.97. The van der Waals surface area contributed by atoms with Crippen molar-refractivity contribution in [1.29, 1.82) is 0 Å². The molecule has 6 heteroatoms. The van der Waals surface area contributed by atoms with Crippen LogP contribution < -0.4 is 0 Å². The monoisotopic (exact) mass is 292 g/mol. The van der Waals surface area contributed by atoms with Crippen molar-refractivity contribution < 1.29 is 13.2 Å². The zero-order valence-corrected chi connectivity index (χ0v) is 11.9. The Bertz CT molecular complexity index is 403. The maximum atomic E-state index is 12.7. The molecule has 1 fully saturated rings. The standard InChI is InChI=1S/C13H19F3N2S/c1-2-4-12-17-11(9-19-12)8-18-6-3-5-10(7-18)13(14,15)16/h9-10H,2-8H2,1H3. The summed E-state index contributed by atoms with van der Waals surface area (Å²) in [4.78, 5) is 6.36. The molecular weight excluding hydrogens is 273 g/mol. The van der Waals surface area contributed by atoms with E-state index in [9.17, 15) is 13.2 Å². The second kappa shape index (κ2) is 6.22. The van der Waals surface area contributed by atoms with E-state index in [2.05, 4.69) is 11.9 Å². The van der Waals surface area contributed by atoms with Crippen molar-refractivity contribution >= 4 is 11.3 Å². The Hall–Kier alpha value is -0.620. The van der Waals surface area contributed by atoms with E-state index in [4.69, 9.17) is 0 Å². The summed E-state index contributed by atoms with van der Waals surface area (Å²) in [7, 11) is 0. The van der Waals surface area contributed by atoms with Crippen LogP contribution in [0.25, 0.3) is 0 Å². The predicted molar refractivity (Wildman–Crippen MR) is 70.2 cm³/mol. The van der Waals surface area contributed by atoms with Crippen LogP contribution in [0.4, 0.5) is 13.2 Å². The summed E-state index contributed by atoms with van der Waals surface area (Å²) >= 11 is 1.61. The molecule has 0 aromatic carbocycles. The van der Waals surface area contributed by atoms with Crippen molar-refractivity contribution in [2.75, 3.05) is 13.1 Å². The number of thiazole rings is 1. The number of hydrogen-bond acceptors (Lipinski definition) is 3. The van der Waals surface area contributed by atoms with Crippen molar-refractivity contribution in [3.05, 3.63) is 16.1 Å². The van der Waals surface area contributed by atoms with Gasteiger partial charge in [0.05, 0.1) is 16.6 Å². The number of aryl methyl sites for hydroxylation is 1. The zero-order chi connectivity index (χ0) is 13.9. The van der Waals surface area contributed by atoms with E-state index < -0.39 is 12.1 Å². The zero-order valence-electron chi connectivity index (χ0n) is 11.0. The van der Waals surface area contributed by atoms with Crippen molar-refractivity contribution in [2.24, 2.45) is 5.92 Å². The first-order valence-corrected chi connectivity index (χ1v) is 7.59. The van der Waals surface area contributed by atoms with E-state index in [-0.39, 0.29) is 13.0 Å². The number of likely N-dealkylation sites (tertiary alicyclic amines) is 1. The molecule has 1 aliphatic heterocycles. The Labute approximate surface area is 115 Å². The molecule has 0 spiro atoms. The molecule has 0 aliphatic carbocycles. The average molecular weight is 292 g/mol. The van der Waals surface area contributed by atoms with Gasteiger partial charge in [-0.3, -0.25) is 4.90 Å². The van der Waals surface area contributed by atoms with Gasteiger partial charge in [-0.1, -0.05) is 6.92 Å². The van der Waals surface area contributed by atoms with Crippen LogP contribution >= 0.6 is 11.3 Å². The van der Waals surface area contributed by atoms with Crippen LogP contribution in [0.3, 0.4) is 0 Å². The summed E-state index contributed by atoms with van der Waals surface area (Å²) < 4.78 is 38.2. The summed E-state index contributed by atoms with van der Waals surface area (Å²) in [5.74, 6) is -1.17. The number of aromatic nitrogens is 1. The first-order chi connectivity index (χ1) is 8.99. The Kier molecular flexibility index (Phi) is 4.84. The van der Waals surface area contributed by atoms with Crippen LogP contribution in [-0.4, -0.2) is 29.1 Å². The third-order valence-corrected chi connectivity index (χ3v) is 4.37. The lowest BCUT2D eigenvalue weighted by Crippen LogP contribution is -2.41. The molecule has 108 valence electrons. The molecule has 0 bridgehead atoms. The van der Waals surface area contributed by atoms with Crippen LogP contribution in [0.2, 0.25) is 0 Å². The number of piperidine rings is 1. The van der Waals surface area contributed by atoms with Gasteiger partial charge in [-0.15, -0.1) is 11.3 Å². The molecule has 0 radical (unpaired) electrons. The maximum absolute atomic E-state index is 12.7. The van der Waals surface area contributed by atoms with Crippen molar-refractivity contribution in [3.8, 4) is 0 Å². The second-order valence-corrected chi connectivity index (χ2v) is 6.04. The molecule has 0 amide bonds. The lowest BCUT2D eigenvalue weighted by Gasteiger charge is -2.33. The van der Waals surface area contributed by atoms with Gasteiger partial charge in [0.1, 0.15) is 0 Å². The summed E-state index contributed by atoms with van der Waals surface area (Å²) in [6, 6.07) is 0. The SMILES string of the molecule is CCCc1nc(CN2CCCC(C(F)(F)F)C2)cs1. The number of rotatable bonds is 4. The summed E-state index contributed by atoms with van der Waals surface area (Å²) in [5.41, 5.74) is 0.913. The number of nitrogens with zero attached hydrogens (tertiary/aromatic N) is 2. The quantitative estimate of drug-likeness (QED) is 0.837. The van der Waals surface area contributed by atoms with Gasteiger partial charge in [0.2, 0.25) is 0 Å². The van der Waals surface area contributed by atoms with Crippen molar-refractivity contribution in [3.63, 3.8) is 0 Å². The van der Waals surface area contributed by atoms with Crippen LogP contribution in [0, 0.1) is 5.92 Å². The third kappa shape index (κ3) is 4.18. The topological polar surface area (TPSA) is 16.1 Å². The molecule has 1 aliphatic rings. The fraction of sp³-hybridized carbons (Fsp3) is 0.769. The van der Waals surface area contributed by atoms with E-state index in [1.165, 1.54) is 0 Å². The van der Waals surface area contributed by atoms with Gasteiger partial charge < -0.3 is 0 Å². The highest BCUT2D eigenvalue weighted by Crippen LogP contribution is 2.33. The first-order valence-electron chi connectivity index (χ1n) is 6.71. The minimum absolute atomic E-state index is 0.115. The van der Waals surface area contributed by atoms with Crippen LogP contribution in [0.5, 0.6) is 0 Å². The molecule has 1 aromatic rings. The Morgan fingerprint density at radius 2 is 2.26 bits per heavy atom. The summed E-state index contributed by atoms with van der Waals surface area (Å²) in [6.07, 6.45) is -1.18.